The van der Waals surface area contributed by atoms with Crippen molar-refractivity contribution < 1.29 is 18.7 Å². The molecule has 120 valence electrons. The first-order valence-electron chi connectivity index (χ1n) is 6.63. The molecule has 23 heavy (non-hydrogen) atoms. The number of hydrogen-bond donors (Lipinski definition) is 1. The number of benzene rings is 2. The number of rotatable bonds is 6. The van der Waals surface area contributed by atoms with Crippen LogP contribution in [0.2, 0.25) is 5.02 Å². The molecule has 0 bridgehead atoms. The molecule has 0 heterocycles. The second kappa shape index (κ2) is 8.55. The normalized spacial score (nSPS) is 10.2. The van der Waals surface area contributed by atoms with E-state index in [0.717, 1.165) is 11.8 Å². The third kappa shape index (κ3) is 5.58. The Morgan fingerprint density at radius 3 is 2.57 bits per heavy atom. The predicted molar refractivity (Wildman–Crippen MR) is 88.2 cm³/mol. The fraction of sp³-hybridized carbons (Fsp3) is 0.125. The molecule has 0 saturated carbocycles. The number of nitrogens with one attached hydrogen (secondary N) is 1. The van der Waals surface area contributed by atoms with Crippen LogP contribution in [0.15, 0.2) is 53.4 Å². The van der Waals surface area contributed by atoms with Gasteiger partial charge in [0.25, 0.3) is 5.91 Å². The van der Waals surface area contributed by atoms with Gasteiger partial charge in [-0.2, -0.15) is 0 Å². The van der Waals surface area contributed by atoms with Crippen LogP contribution in [0, 0.1) is 5.82 Å². The third-order valence-electron chi connectivity index (χ3n) is 2.69. The lowest BCUT2D eigenvalue weighted by atomic mass is 10.3. The molecule has 7 heteroatoms. The van der Waals surface area contributed by atoms with Gasteiger partial charge >= 0.3 is 5.97 Å². The number of carbonyl (C=O) groups excluding carboxylic acids is 2. The van der Waals surface area contributed by atoms with Crippen molar-refractivity contribution in [1.29, 1.82) is 0 Å². The Bertz CT molecular complexity index is 711. The highest BCUT2D eigenvalue weighted by Crippen LogP contribution is 2.21. The number of thioether (sulfide) groups is 1. The van der Waals surface area contributed by atoms with Crippen LogP contribution < -0.4 is 5.32 Å². The minimum Gasteiger partial charge on any atom is -0.455 e. The van der Waals surface area contributed by atoms with Gasteiger partial charge in [-0.15, -0.1) is 11.8 Å². The van der Waals surface area contributed by atoms with Crippen LogP contribution in [-0.4, -0.2) is 24.2 Å². The SMILES string of the molecule is O=C(COC(=O)CSc1ccccc1F)Nc1ccccc1Cl. The lowest BCUT2D eigenvalue weighted by molar-refractivity contribution is -0.144. The Balaban J connectivity index is 1.75. The summed E-state index contributed by atoms with van der Waals surface area (Å²) in [5, 5.41) is 2.92. The predicted octanol–water partition coefficient (Wildman–Crippen LogP) is 3.75. The summed E-state index contributed by atoms with van der Waals surface area (Å²) in [5.41, 5.74) is 0.441. The van der Waals surface area contributed by atoms with Gasteiger partial charge in [-0.3, -0.25) is 9.59 Å². The Labute approximate surface area is 142 Å². The van der Waals surface area contributed by atoms with E-state index < -0.39 is 24.3 Å². The van der Waals surface area contributed by atoms with Crippen LogP contribution in [-0.2, 0) is 14.3 Å². The molecule has 1 amide bonds. The standard InChI is InChI=1S/C16H13ClFNO3S/c17-11-5-1-3-7-13(11)19-15(20)9-22-16(21)10-23-14-8-4-2-6-12(14)18/h1-8H,9-10H2,(H,19,20). The zero-order chi connectivity index (χ0) is 16.7. The highest BCUT2D eigenvalue weighted by Gasteiger charge is 2.11. The molecule has 0 aliphatic heterocycles. The highest BCUT2D eigenvalue weighted by atomic mass is 35.5. The maximum absolute atomic E-state index is 13.4. The molecule has 0 spiro atoms. The summed E-state index contributed by atoms with van der Waals surface area (Å²) < 4.78 is 18.2. The van der Waals surface area contributed by atoms with E-state index in [1.165, 1.54) is 6.07 Å². The molecule has 4 nitrogen and oxygen atoms in total. The van der Waals surface area contributed by atoms with Crippen molar-refractivity contribution in [3.63, 3.8) is 0 Å². The molecule has 0 aliphatic carbocycles. The Kier molecular flexibility index (Phi) is 6.43. The molecule has 0 radical (unpaired) electrons. The van der Waals surface area contributed by atoms with Gasteiger partial charge in [-0.25, -0.2) is 4.39 Å². The van der Waals surface area contributed by atoms with Gasteiger partial charge in [0, 0.05) is 4.90 Å². The van der Waals surface area contributed by atoms with Crippen molar-refractivity contribution in [3.8, 4) is 0 Å². The first-order chi connectivity index (χ1) is 11.1. The second-order valence-corrected chi connectivity index (χ2v) is 5.83. The Morgan fingerprint density at radius 1 is 1.13 bits per heavy atom. The summed E-state index contributed by atoms with van der Waals surface area (Å²) in [5.74, 6) is -1.59. The Hall–Kier alpha value is -2.05. The molecule has 0 aromatic heterocycles. The minimum atomic E-state index is -0.604. The summed E-state index contributed by atoms with van der Waals surface area (Å²) in [7, 11) is 0. The summed E-state index contributed by atoms with van der Waals surface area (Å²) in [4.78, 5) is 23.6. The van der Waals surface area contributed by atoms with E-state index in [-0.39, 0.29) is 5.75 Å². The maximum Gasteiger partial charge on any atom is 0.316 e. The molecule has 0 aliphatic rings. The zero-order valence-electron chi connectivity index (χ0n) is 11.9. The maximum atomic E-state index is 13.4. The molecule has 2 rings (SSSR count). The average molecular weight is 354 g/mol. The van der Waals surface area contributed by atoms with Crippen LogP contribution in [0.1, 0.15) is 0 Å². The van der Waals surface area contributed by atoms with E-state index in [2.05, 4.69) is 5.32 Å². The molecule has 0 fully saturated rings. The molecular formula is C16H13ClFNO3S. The van der Waals surface area contributed by atoms with Crippen LogP contribution in [0.4, 0.5) is 10.1 Å². The molecule has 0 unspecified atom stereocenters. The van der Waals surface area contributed by atoms with Crippen molar-refractivity contribution in [1.82, 2.24) is 0 Å². The van der Waals surface area contributed by atoms with Crippen LogP contribution >= 0.6 is 23.4 Å². The van der Waals surface area contributed by atoms with Crippen molar-refractivity contribution in [2.75, 3.05) is 17.7 Å². The molecule has 2 aromatic carbocycles. The van der Waals surface area contributed by atoms with E-state index in [4.69, 9.17) is 16.3 Å². The number of ether oxygens (including phenoxy) is 1. The van der Waals surface area contributed by atoms with Gasteiger partial charge in [0.1, 0.15) is 5.82 Å². The third-order valence-corrected chi connectivity index (χ3v) is 4.05. The average Bonchev–Trinajstić information content (AvgIpc) is 2.54. The fourth-order valence-corrected chi connectivity index (χ4v) is 2.56. The van der Waals surface area contributed by atoms with Gasteiger partial charge < -0.3 is 10.1 Å². The quantitative estimate of drug-likeness (QED) is 0.634. The van der Waals surface area contributed by atoms with Crippen molar-refractivity contribution in [2.24, 2.45) is 0 Å². The number of para-hydroxylation sites is 1. The number of amides is 1. The summed E-state index contributed by atoms with van der Waals surface area (Å²) in [6, 6.07) is 12.8. The second-order valence-electron chi connectivity index (χ2n) is 4.41. The number of carbonyl (C=O) groups is 2. The lowest BCUT2D eigenvalue weighted by Crippen LogP contribution is -2.21. The smallest absolute Gasteiger partial charge is 0.316 e. The number of halogens is 2. The van der Waals surface area contributed by atoms with E-state index in [1.807, 2.05) is 0 Å². The first-order valence-corrected chi connectivity index (χ1v) is 8.00. The molecule has 1 N–H and O–H groups in total. The monoisotopic (exact) mass is 353 g/mol. The van der Waals surface area contributed by atoms with Gasteiger partial charge in [-0.1, -0.05) is 35.9 Å². The summed E-state index contributed by atoms with van der Waals surface area (Å²) >= 11 is 6.91. The fourth-order valence-electron chi connectivity index (χ4n) is 1.64. The molecule has 2 aromatic rings. The number of esters is 1. The molecule has 0 atom stereocenters. The van der Waals surface area contributed by atoms with Gasteiger partial charge in [0.05, 0.1) is 16.5 Å². The van der Waals surface area contributed by atoms with Crippen LogP contribution in [0.25, 0.3) is 0 Å². The van der Waals surface area contributed by atoms with Crippen molar-refractivity contribution in [3.05, 3.63) is 59.4 Å². The number of anilines is 1. The molecular weight excluding hydrogens is 341 g/mol. The van der Waals surface area contributed by atoms with E-state index in [1.54, 1.807) is 42.5 Å². The first kappa shape index (κ1) is 17.3. The number of hydrogen-bond acceptors (Lipinski definition) is 4. The summed E-state index contributed by atoms with van der Waals surface area (Å²) in [6.07, 6.45) is 0. The largest absolute Gasteiger partial charge is 0.455 e. The molecule has 0 saturated heterocycles. The van der Waals surface area contributed by atoms with Crippen molar-refractivity contribution in [2.45, 2.75) is 4.90 Å². The zero-order valence-corrected chi connectivity index (χ0v) is 13.5. The van der Waals surface area contributed by atoms with Crippen molar-refractivity contribution >= 4 is 40.9 Å². The van der Waals surface area contributed by atoms with Crippen LogP contribution in [0.3, 0.4) is 0 Å². The topological polar surface area (TPSA) is 55.4 Å². The minimum absolute atomic E-state index is 0.0830. The van der Waals surface area contributed by atoms with Gasteiger partial charge in [0.15, 0.2) is 6.61 Å². The lowest BCUT2D eigenvalue weighted by Gasteiger charge is -2.08. The van der Waals surface area contributed by atoms with E-state index in [9.17, 15) is 14.0 Å². The summed E-state index contributed by atoms with van der Waals surface area (Å²) in [6.45, 7) is -0.429. The van der Waals surface area contributed by atoms with Gasteiger partial charge in [0.2, 0.25) is 0 Å². The Morgan fingerprint density at radius 2 is 1.83 bits per heavy atom. The van der Waals surface area contributed by atoms with E-state index in [0.29, 0.717) is 15.6 Å². The van der Waals surface area contributed by atoms with Gasteiger partial charge in [-0.05, 0) is 24.3 Å². The van der Waals surface area contributed by atoms with Crippen LogP contribution in [0.5, 0.6) is 0 Å². The highest BCUT2D eigenvalue weighted by molar-refractivity contribution is 8.00. The van der Waals surface area contributed by atoms with E-state index >= 15 is 0 Å².